The van der Waals surface area contributed by atoms with E-state index in [2.05, 4.69) is 14.7 Å². The average Bonchev–Trinajstić information content (AvgIpc) is 2.48. The number of anilines is 1. The van der Waals surface area contributed by atoms with Gasteiger partial charge in [-0.3, -0.25) is 14.8 Å². The van der Waals surface area contributed by atoms with Crippen molar-refractivity contribution in [3.05, 3.63) is 46.8 Å². The molecule has 0 amide bonds. The number of rotatable bonds is 5. The van der Waals surface area contributed by atoms with Gasteiger partial charge in [0, 0.05) is 12.1 Å². The van der Waals surface area contributed by atoms with Crippen LogP contribution < -0.4 is 9.46 Å². The van der Waals surface area contributed by atoms with E-state index < -0.39 is 14.9 Å². The Bertz CT molecular complexity index is 760. The van der Waals surface area contributed by atoms with E-state index in [0.717, 1.165) is 6.07 Å². The van der Waals surface area contributed by atoms with Crippen LogP contribution in [-0.2, 0) is 10.0 Å². The van der Waals surface area contributed by atoms with Gasteiger partial charge in [-0.25, -0.2) is 18.4 Å². The Hall–Kier alpha value is -2.75. The number of hydrogen-bond donors (Lipinski definition) is 1. The van der Waals surface area contributed by atoms with Gasteiger partial charge in [-0.05, 0) is 6.07 Å². The highest BCUT2D eigenvalue weighted by Crippen LogP contribution is 2.20. The van der Waals surface area contributed by atoms with Gasteiger partial charge in [0.15, 0.2) is 0 Å². The van der Waals surface area contributed by atoms with E-state index in [-0.39, 0.29) is 22.3 Å². The van der Waals surface area contributed by atoms with E-state index in [1.165, 1.54) is 37.7 Å². The highest BCUT2D eigenvalue weighted by Gasteiger charge is 2.18. The zero-order chi connectivity index (χ0) is 15.5. The first-order chi connectivity index (χ1) is 9.92. The maximum Gasteiger partial charge on any atom is 0.316 e. The molecule has 110 valence electrons. The highest BCUT2D eigenvalue weighted by atomic mass is 32.2. The number of nitro groups is 1. The minimum Gasteiger partial charge on any atom is -0.467 e. The molecule has 1 aromatic heterocycles. The fourth-order valence-corrected chi connectivity index (χ4v) is 2.52. The second-order valence-corrected chi connectivity index (χ2v) is 5.50. The molecule has 0 atom stereocenters. The van der Waals surface area contributed by atoms with Crippen LogP contribution in [0.5, 0.6) is 6.01 Å². The van der Waals surface area contributed by atoms with Crippen LogP contribution in [0.25, 0.3) is 0 Å². The molecule has 1 aromatic carbocycles. The van der Waals surface area contributed by atoms with E-state index in [4.69, 9.17) is 4.74 Å². The molecule has 0 radical (unpaired) electrons. The summed E-state index contributed by atoms with van der Waals surface area (Å²) in [5.74, 6) is 0. The number of nitrogens with one attached hydrogen (secondary N) is 1. The molecular weight excluding hydrogens is 300 g/mol. The summed E-state index contributed by atoms with van der Waals surface area (Å²) < 4.78 is 31.2. The van der Waals surface area contributed by atoms with Gasteiger partial charge < -0.3 is 4.74 Å². The Kier molecular flexibility index (Phi) is 3.98. The fourth-order valence-electron chi connectivity index (χ4n) is 1.45. The molecule has 2 aromatic rings. The molecule has 10 heteroatoms. The Morgan fingerprint density at radius 2 is 1.95 bits per heavy atom. The van der Waals surface area contributed by atoms with Crippen molar-refractivity contribution < 1.29 is 18.1 Å². The summed E-state index contributed by atoms with van der Waals surface area (Å²) in [6.45, 7) is 0. The largest absolute Gasteiger partial charge is 0.467 e. The zero-order valence-corrected chi connectivity index (χ0v) is 11.6. The minimum absolute atomic E-state index is 0.0910. The number of methoxy groups -OCH3 is 1. The van der Waals surface area contributed by atoms with Gasteiger partial charge in [0.05, 0.1) is 35.0 Å². The number of non-ortho nitro benzene ring substituents is 1. The Balaban J connectivity index is 2.29. The first kappa shape index (κ1) is 14.7. The summed E-state index contributed by atoms with van der Waals surface area (Å²) in [6, 6.07) is 4.80. The van der Waals surface area contributed by atoms with Gasteiger partial charge in [0.2, 0.25) is 0 Å². The first-order valence-electron chi connectivity index (χ1n) is 5.56. The van der Waals surface area contributed by atoms with Crippen LogP contribution in [0.15, 0.2) is 41.6 Å². The minimum atomic E-state index is -3.96. The van der Waals surface area contributed by atoms with Gasteiger partial charge in [-0.2, -0.15) is 0 Å². The molecule has 9 nitrogen and oxygen atoms in total. The van der Waals surface area contributed by atoms with E-state index in [9.17, 15) is 18.5 Å². The Labute approximate surface area is 119 Å². The number of benzene rings is 1. The third-order valence-corrected chi connectivity index (χ3v) is 3.78. The molecule has 0 aliphatic heterocycles. The third kappa shape index (κ3) is 3.42. The fraction of sp³-hybridized carbons (Fsp3) is 0.0909. The Morgan fingerprint density at radius 3 is 2.52 bits per heavy atom. The zero-order valence-electron chi connectivity index (χ0n) is 10.8. The molecule has 0 fully saturated rings. The first-order valence-corrected chi connectivity index (χ1v) is 7.04. The van der Waals surface area contributed by atoms with Crippen molar-refractivity contribution >= 4 is 21.4 Å². The number of ether oxygens (including phenoxy) is 1. The quantitative estimate of drug-likeness (QED) is 0.649. The maximum absolute atomic E-state index is 12.1. The second-order valence-electron chi connectivity index (χ2n) is 3.82. The molecule has 0 spiro atoms. The van der Waals surface area contributed by atoms with Gasteiger partial charge >= 0.3 is 6.01 Å². The van der Waals surface area contributed by atoms with Crippen molar-refractivity contribution in [1.82, 2.24) is 9.97 Å². The predicted octanol–water partition coefficient (Wildman–Crippen LogP) is 1.19. The molecule has 0 unspecified atom stereocenters. The predicted molar refractivity (Wildman–Crippen MR) is 72.5 cm³/mol. The van der Waals surface area contributed by atoms with Crippen molar-refractivity contribution in [3.8, 4) is 6.01 Å². The van der Waals surface area contributed by atoms with Crippen molar-refractivity contribution in [2.75, 3.05) is 11.8 Å². The Morgan fingerprint density at radius 1 is 1.29 bits per heavy atom. The van der Waals surface area contributed by atoms with Crippen molar-refractivity contribution in [2.24, 2.45) is 0 Å². The van der Waals surface area contributed by atoms with Crippen molar-refractivity contribution in [2.45, 2.75) is 4.90 Å². The summed E-state index contributed by atoms with van der Waals surface area (Å²) in [5.41, 5.74) is -0.203. The molecule has 0 saturated carbocycles. The highest BCUT2D eigenvalue weighted by molar-refractivity contribution is 7.92. The summed E-state index contributed by atoms with van der Waals surface area (Å²) in [6.07, 6.45) is 2.45. The van der Waals surface area contributed by atoms with Gasteiger partial charge in [-0.1, -0.05) is 6.07 Å². The number of nitrogens with zero attached hydrogens (tertiary/aromatic N) is 3. The van der Waals surface area contributed by atoms with Crippen LogP contribution in [0.3, 0.4) is 0 Å². The van der Waals surface area contributed by atoms with E-state index in [1.807, 2.05) is 0 Å². The molecule has 0 aliphatic carbocycles. The molecule has 2 rings (SSSR count). The lowest BCUT2D eigenvalue weighted by atomic mass is 10.3. The monoisotopic (exact) mass is 310 g/mol. The van der Waals surface area contributed by atoms with Crippen molar-refractivity contribution in [1.29, 1.82) is 0 Å². The van der Waals surface area contributed by atoms with E-state index in [1.54, 1.807) is 0 Å². The molecular formula is C11H10N4O5S. The van der Waals surface area contributed by atoms with Crippen LogP contribution in [-0.4, -0.2) is 30.4 Å². The molecule has 21 heavy (non-hydrogen) atoms. The standard InChI is InChI=1S/C11H10N4O5S/c1-20-11-12-6-8(7-13-11)14-21(18,19)10-4-2-3-9(5-10)15(16)17/h2-7,14H,1H3. The average molecular weight is 310 g/mol. The van der Waals surface area contributed by atoms with Gasteiger partial charge in [-0.15, -0.1) is 0 Å². The topological polar surface area (TPSA) is 124 Å². The third-order valence-electron chi connectivity index (χ3n) is 2.40. The van der Waals surface area contributed by atoms with Crippen LogP contribution >= 0.6 is 0 Å². The lowest BCUT2D eigenvalue weighted by Crippen LogP contribution is -2.13. The SMILES string of the molecule is COc1ncc(NS(=O)(=O)c2cccc([N+](=O)[O-])c2)cn1. The summed E-state index contributed by atoms with van der Waals surface area (Å²) >= 11 is 0. The van der Waals surface area contributed by atoms with Crippen molar-refractivity contribution in [3.63, 3.8) is 0 Å². The summed E-state index contributed by atoms with van der Waals surface area (Å²) in [5, 5.41) is 10.7. The lowest BCUT2D eigenvalue weighted by molar-refractivity contribution is -0.385. The molecule has 1 N–H and O–H groups in total. The number of aromatic nitrogens is 2. The van der Waals surface area contributed by atoms with Gasteiger partial charge in [0.25, 0.3) is 15.7 Å². The van der Waals surface area contributed by atoms with E-state index in [0.29, 0.717) is 0 Å². The van der Waals surface area contributed by atoms with Crippen LogP contribution in [0.2, 0.25) is 0 Å². The van der Waals surface area contributed by atoms with Gasteiger partial charge in [0.1, 0.15) is 0 Å². The summed E-state index contributed by atoms with van der Waals surface area (Å²) in [7, 11) is -2.59. The number of sulfonamides is 1. The summed E-state index contributed by atoms with van der Waals surface area (Å²) in [4.78, 5) is 17.3. The van der Waals surface area contributed by atoms with Crippen LogP contribution in [0, 0.1) is 10.1 Å². The van der Waals surface area contributed by atoms with E-state index >= 15 is 0 Å². The van der Waals surface area contributed by atoms with Crippen LogP contribution in [0.1, 0.15) is 0 Å². The number of hydrogen-bond acceptors (Lipinski definition) is 7. The molecule has 0 saturated heterocycles. The van der Waals surface area contributed by atoms with Crippen LogP contribution in [0.4, 0.5) is 11.4 Å². The second kappa shape index (κ2) is 5.71. The number of nitro benzene ring substituents is 1. The molecule has 0 aliphatic rings. The normalized spacial score (nSPS) is 10.9. The molecule has 0 bridgehead atoms. The molecule has 1 heterocycles. The lowest BCUT2D eigenvalue weighted by Gasteiger charge is -2.07. The smallest absolute Gasteiger partial charge is 0.316 e. The maximum atomic E-state index is 12.1.